The van der Waals surface area contributed by atoms with Crippen LogP contribution in [0.5, 0.6) is 0 Å². The van der Waals surface area contributed by atoms with Crippen molar-refractivity contribution in [1.82, 2.24) is 0 Å². The van der Waals surface area contributed by atoms with Gasteiger partial charge in [-0.15, -0.1) is 0 Å². The summed E-state index contributed by atoms with van der Waals surface area (Å²) in [5.74, 6) is 0. The van der Waals surface area contributed by atoms with Crippen LogP contribution in [-0.4, -0.2) is 48.9 Å². The molecule has 0 aliphatic rings. The van der Waals surface area contributed by atoms with Crippen molar-refractivity contribution >= 4 is 48.9 Å². The van der Waals surface area contributed by atoms with E-state index in [0.717, 1.165) is 0 Å². The summed E-state index contributed by atoms with van der Waals surface area (Å²) in [7, 11) is 0. The van der Waals surface area contributed by atoms with Crippen LogP contribution in [0.15, 0.2) is 0 Å². The molecule has 0 nitrogen and oxygen atoms in total. The van der Waals surface area contributed by atoms with Crippen molar-refractivity contribution in [3.63, 3.8) is 0 Å². The van der Waals surface area contributed by atoms with E-state index >= 15 is 0 Å². The van der Waals surface area contributed by atoms with Crippen molar-refractivity contribution in [2.45, 2.75) is 0 Å². The Bertz CT molecular complexity index is 13.5. The number of hydrogen-bond acceptors (Lipinski definition) is 0. The van der Waals surface area contributed by atoms with Crippen LogP contribution in [0.2, 0.25) is 0 Å². The van der Waals surface area contributed by atoms with Crippen molar-refractivity contribution in [2.75, 3.05) is 0 Å². The third kappa shape index (κ3) is 9.01. The minimum Gasteiger partial charge on any atom is -1.00 e. The summed E-state index contributed by atoms with van der Waals surface area (Å²) in [6, 6.07) is 0. The third-order valence-electron chi connectivity index (χ3n) is 0. The third-order valence-corrected chi connectivity index (χ3v) is 0. The van der Waals surface area contributed by atoms with Gasteiger partial charge in [-0.05, 0) is 0 Å². The maximum absolute atomic E-state index is 0. The molecule has 0 atom stereocenters. The van der Waals surface area contributed by atoms with E-state index in [9.17, 15) is 0 Å². The predicted octanol–water partition coefficient (Wildman–Crippen LogP) is -0.163. The molecule has 0 aliphatic heterocycles. The number of hydrogen-bond donors (Lipinski definition) is 0. The second-order valence-electron chi connectivity index (χ2n) is 0. The molecular weight excluding hydrogens is 296 g/mol. The average molecular weight is 298 g/mol. The summed E-state index contributed by atoms with van der Waals surface area (Å²) in [6.45, 7) is 0. The molecular formula is H2BaFeMnTi. The van der Waals surface area contributed by atoms with Crippen LogP contribution < -0.4 is 0 Å². The Hall–Kier alpha value is 3.32. The molecule has 0 saturated heterocycles. The van der Waals surface area contributed by atoms with Gasteiger partial charge in [0.05, 0.1) is 0 Å². The summed E-state index contributed by atoms with van der Waals surface area (Å²) in [4.78, 5) is 0. The quantitative estimate of drug-likeness (QED) is 0.545. The maximum Gasteiger partial charge on any atom is 2.00 e. The monoisotopic (exact) mass is 299 g/mol. The zero-order valence-electron chi connectivity index (χ0n) is 3.94. The first kappa shape index (κ1) is 26.5. The van der Waals surface area contributed by atoms with Gasteiger partial charge in [-0.3, -0.25) is 0 Å². The normalized spacial score (nSPS) is 0. The molecule has 0 aliphatic carbocycles. The molecule has 0 N–H and O–H groups in total. The van der Waals surface area contributed by atoms with Gasteiger partial charge in [0.15, 0.2) is 0 Å². The summed E-state index contributed by atoms with van der Waals surface area (Å²) >= 11 is 0. The topological polar surface area (TPSA) is 0 Å². The van der Waals surface area contributed by atoms with E-state index in [1.807, 2.05) is 0 Å². The van der Waals surface area contributed by atoms with Gasteiger partial charge in [0.2, 0.25) is 0 Å². The Morgan fingerprint density at radius 1 is 1.25 bits per heavy atom. The molecule has 0 saturated carbocycles. The van der Waals surface area contributed by atoms with E-state index in [2.05, 4.69) is 0 Å². The van der Waals surface area contributed by atoms with Gasteiger partial charge in [-0.1, -0.05) is 0 Å². The van der Waals surface area contributed by atoms with Crippen molar-refractivity contribution in [2.24, 2.45) is 0 Å². The Morgan fingerprint density at radius 2 is 1.25 bits per heavy atom. The molecule has 0 spiro atoms. The van der Waals surface area contributed by atoms with Gasteiger partial charge in [-0.25, -0.2) is 0 Å². The molecule has 4 heteroatoms. The molecule has 0 heterocycles. The molecule has 0 fully saturated rings. The fourth-order valence-electron chi connectivity index (χ4n) is 0. The van der Waals surface area contributed by atoms with Crippen molar-refractivity contribution in [3.05, 3.63) is 0 Å². The molecule has 0 aromatic heterocycles. The zero-order chi connectivity index (χ0) is 0. The molecule has 4 heavy (non-hydrogen) atoms. The van der Waals surface area contributed by atoms with E-state index in [-0.39, 0.29) is 108 Å². The molecule has 0 aromatic rings. The van der Waals surface area contributed by atoms with E-state index < -0.39 is 0 Å². The first-order valence-corrected chi connectivity index (χ1v) is 0. The zero-order valence-corrected chi connectivity index (χ0v) is 10.2. The fourth-order valence-corrected chi connectivity index (χ4v) is 0. The summed E-state index contributed by atoms with van der Waals surface area (Å²) in [5.41, 5.74) is 0. The molecule has 0 aromatic carbocycles. The molecule has 0 bridgehead atoms. The Morgan fingerprint density at radius 3 is 1.25 bits per heavy atom. The van der Waals surface area contributed by atoms with Crippen molar-refractivity contribution in [3.8, 4) is 0 Å². The first-order chi connectivity index (χ1) is 0. The van der Waals surface area contributed by atoms with Gasteiger partial charge in [0.1, 0.15) is 0 Å². The van der Waals surface area contributed by atoms with Crippen LogP contribution in [0.25, 0.3) is 0 Å². The molecule has 1 radical (unpaired) electrons. The van der Waals surface area contributed by atoms with Gasteiger partial charge in [0, 0.05) is 55.9 Å². The van der Waals surface area contributed by atoms with Crippen LogP contribution in [0, 0.1) is 0 Å². The predicted molar refractivity (Wildman–Crippen MR) is 7.98 cm³/mol. The first-order valence-electron chi connectivity index (χ1n) is 0. The maximum atomic E-state index is 0. The van der Waals surface area contributed by atoms with E-state index in [4.69, 9.17) is 0 Å². The van der Waals surface area contributed by atoms with Crippen molar-refractivity contribution < 1.29 is 58.7 Å². The SMILES string of the molecule is [Ba+2].[Fe].[H-].[H-].[Mn].[Ti]. The van der Waals surface area contributed by atoms with Crippen LogP contribution in [0.3, 0.4) is 0 Å². The van der Waals surface area contributed by atoms with Gasteiger partial charge >= 0.3 is 48.9 Å². The van der Waals surface area contributed by atoms with Crippen LogP contribution in [0.4, 0.5) is 0 Å². The van der Waals surface area contributed by atoms with Crippen molar-refractivity contribution in [1.29, 1.82) is 0 Å². The van der Waals surface area contributed by atoms with Crippen LogP contribution in [0.1, 0.15) is 2.85 Å². The fraction of sp³-hybridized carbons (Fsp3) is 0. The van der Waals surface area contributed by atoms with Gasteiger partial charge in [0.25, 0.3) is 0 Å². The molecule has 0 unspecified atom stereocenters. The van der Waals surface area contributed by atoms with Gasteiger partial charge < -0.3 is 2.85 Å². The van der Waals surface area contributed by atoms with Crippen LogP contribution in [-0.2, 0) is 55.9 Å². The summed E-state index contributed by atoms with van der Waals surface area (Å²) < 4.78 is 0. The summed E-state index contributed by atoms with van der Waals surface area (Å²) in [5, 5.41) is 0. The Balaban J connectivity index is 0. The Kier molecular flexibility index (Phi) is 108. The molecule has 23 valence electrons. The standard InChI is InChI=1S/Ba.Fe.Mn.Ti.2H/q+2;;;;2*-1. The van der Waals surface area contributed by atoms with Crippen LogP contribution >= 0.6 is 0 Å². The summed E-state index contributed by atoms with van der Waals surface area (Å²) in [6.07, 6.45) is 0. The second-order valence-corrected chi connectivity index (χ2v) is 0. The van der Waals surface area contributed by atoms with Gasteiger partial charge in [-0.2, -0.15) is 0 Å². The average Bonchev–Trinajstić information content (AvgIpc) is 0. The second kappa shape index (κ2) is 16.2. The minimum atomic E-state index is 0. The van der Waals surface area contributed by atoms with E-state index in [1.165, 1.54) is 0 Å². The van der Waals surface area contributed by atoms with E-state index in [1.54, 1.807) is 0 Å². The molecule has 0 amide bonds. The minimum absolute atomic E-state index is 0. The largest absolute Gasteiger partial charge is 2.00 e. The molecule has 0 rings (SSSR count). The number of rotatable bonds is 0. The van der Waals surface area contributed by atoms with E-state index in [0.29, 0.717) is 0 Å². The smallest absolute Gasteiger partial charge is 1.00 e. The Labute approximate surface area is 105 Å².